The van der Waals surface area contributed by atoms with Gasteiger partial charge in [0.1, 0.15) is 5.01 Å². The average Bonchev–Trinajstić information content (AvgIpc) is 2.30. The fourth-order valence-corrected chi connectivity index (χ4v) is 1.79. The van der Waals surface area contributed by atoms with Gasteiger partial charge in [0.15, 0.2) is 0 Å². The molecule has 0 amide bonds. The summed E-state index contributed by atoms with van der Waals surface area (Å²) in [5, 5.41) is 12.1. The standard InChI is InChI=1S/C8H12N2O2S/c1-5-6(2)13-7(10-5)3-9-4-8(11)12/h9H,3-4H2,1-2H3,(H,11,12). The van der Waals surface area contributed by atoms with Crippen molar-refractivity contribution in [1.82, 2.24) is 10.3 Å². The van der Waals surface area contributed by atoms with Gasteiger partial charge in [0.25, 0.3) is 0 Å². The number of aliphatic carboxylic acids is 1. The van der Waals surface area contributed by atoms with Gasteiger partial charge in [-0.15, -0.1) is 11.3 Å². The molecule has 0 spiro atoms. The normalized spacial score (nSPS) is 10.3. The maximum atomic E-state index is 10.2. The number of carboxylic acids is 1. The van der Waals surface area contributed by atoms with Crippen molar-refractivity contribution < 1.29 is 9.90 Å². The van der Waals surface area contributed by atoms with Crippen LogP contribution in [0, 0.1) is 13.8 Å². The van der Waals surface area contributed by atoms with Gasteiger partial charge in [0.05, 0.1) is 12.2 Å². The van der Waals surface area contributed by atoms with Gasteiger partial charge in [0.2, 0.25) is 0 Å². The summed E-state index contributed by atoms with van der Waals surface area (Å²) in [4.78, 5) is 15.6. The van der Waals surface area contributed by atoms with Crippen molar-refractivity contribution in [2.24, 2.45) is 0 Å². The molecular formula is C8H12N2O2S. The predicted molar refractivity (Wildman–Crippen MR) is 50.9 cm³/mol. The third-order valence-corrected chi connectivity index (χ3v) is 2.70. The average molecular weight is 200 g/mol. The van der Waals surface area contributed by atoms with Crippen molar-refractivity contribution in [2.45, 2.75) is 20.4 Å². The Morgan fingerprint density at radius 1 is 1.62 bits per heavy atom. The third-order valence-electron chi connectivity index (χ3n) is 1.63. The lowest BCUT2D eigenvalue weighted by Crippen LogP contribution is -2.21. The molecule has 4 nitrogen and oxygen atoms in total. The molecule has 0 saturated heterocycles. The number of thiazole rings is 1. The van der Waals surface area contributed by atoms with Gasteiger partial charge >= 0.3 is 5.97 Å². The zero-order valence-electron chi connectivity index (χ0n) is 7.63. The molecule has 0 radical (unpaired) electrons. The smallest absolute Gasteiger partial charge is 0.317 e. The van der Waals surface area contributed by atoms with E-state index in [1.165, 1.54) is 4.88 Å². The van der Waals surface area contributed by atoms with Crippen molar-refractivity contribution in [3.05, 3.63) is 15.6 Å². The Balaban J connectivity index is 2.41. The second-order valence-corrected chi connectivity index (χ2v) is 4.03. The molecule has 1 rings (SSSR count). The van der Waals surface area contributed by atoms with Gasteiger partial charge in [0, 0.05) is 11.4 Å². The number of aryl methyl sites for hydroxylation is 2. The Kier molecular flexibility index (Phi) is 3.39. The van der Waals surface area contributed by atoms with Gasteiger partial charge in [-0.3, -0.25) is 4.79 Å². The molecule has 0 bridgehead atoms. The van der Waals surface area contributed by atoms with E-state index in [4.69, 9.17) is 5.11 Å². The summed E-state index contributed by atoms with van der Waals surface area (Å²) >= 11 is 1.60. The van der Waals surface area contributed by atoms with Gasteiger partial charge < -0.3 is 10.4 Å². The first-order valence-corrected chi connectivity index (χ1v) is 4.76. The Morgan fingerprint density at radius 3 is 2.77 bits per heavy atom. The van der Waals surface area contributed by atoms with Crippen LogP contribution < -0.4 is 5.32 Å². The number of hydrogen-bond acceptors (Lipinski definition) is 4. The van der Waals surface area contributed by atoms with Gasteiger partial charge in [-0.25, -0.2) is 4.98 Å². The van der Waals surface area contributed by atoms with Crippen LogP contribution in [-0.2, 0) is 11.3 Å². The first-order valence-electron chi connectivity index (χ1n) is 3.95. The fraction of sp³-hybridized carbons (Fsp3) is 0.500. The minimum absolute atomic E-state index is 0.0162. The van der Waals surface area contributed by atoms with Crippen LogP contribution in [-0.4, -0.2) is 22.6 Å². The molecule has 0 atom stereocenters. The Morgan fingerprint density at radius 2 is 2.31 bits per heavy atom. The van der Waals surface area contributed by atoms with Crippen LogP contribution in [0.1, 0.15) is 15.6 Å². The van der Waals surface area contributed by atoms with Crippen LogP contribution in [0.2, 0.25) is 0 Å². The molecule has 0 fully saturated rings. The minimum atomic E-state index is -0.843. The Hall–Kier alpha value is -0.940. The zero-order valence-corrected chi connectivity index (χ0v) is 8.44. The number of carbonyl (C=O) groups is 1. The lowest BCUT2D eigenvalue weighted by molar-refractivity contribution is -0.135. The van der Waals surface area contributed by atoms with Crippen molar-refractivity contribution in [2.75, 3.05) is 6.54 Å². The molecule has 0 aliphatic carbocycles. The second-order valence-electron chi connectivity index (χ2n) is 2.75. The summed E-state index contributed by atoms with van der Waals surface area (Å²) in [6.07, 6.45) is 0. The lowest BCUT2D eigenvalue weighted by atomic mass is 10.4. The van der Waals surface area contributed by atoms with Gasteiger partial charge in [-0.05, 0) is 13.8 Å². The van der Waals surface area contributed by atoms with Crippen LogP contribution in [0.25, 0.3) is 0 Å². The molecule has 5 heteroatoms. The molecule has 0 aliphatic rings. The molecule has 2 N–H and O–H groups in total. The van der Waals surface area contributed by atoms with Crippen LogP contribution in [0.5, 0.6) is 0 Å². The maximum absolute atomic E-state index is 10.2. The van der Waals surface area contributed by atoms with Crippen molar-refractivity contribution in [3.8, 4) is 0 Å². The number of hydrogen-bond donors (Lipinski definition) is 2. The molecule has 1 aromatic heterocycles. The highest BCUT2D eigenvalue weighted by molar-refractivity contribution is 7.11. The Labute approximate surface area is 80.6 Å². The summed E-state index contributed by atoms with van der Waals surface area (Å²) in [6, 6.07) is 0. The van der Waals surface area contributed by atoms with E-state index in [1.807, 2.05) is 13.8 Å². The highest BCUT2D eigenvalue weighted by atomic mass is 32.1. The highest BCUT2D eigenvalue weighted by Crippen LogP contribution is 2.15. The molecule has 0 aliphatic heterocycles. The van der Waals surface area contributed by atoms with Crippen molar-refractivity contribution >= 4 is 17.3 Å². The van der Waals surface area contributed by atoms with Crippen LogP contribution in [0.3, 0.4) is 0 Å². The van der Waals surface area contributed by atoms with E-state index in [1.54, 1.807) is 11.3 Å². The molecule has 1 aromatic rings. The molecular weight excluding hydrogens is 188 g/mol. The number of aromatic nitrogens is 1. The van der Waals surface area contributed by atoms with E-state index in [0.29, 0.717) is 6.54 Å². The number of nitrogens with one attached hydrogen (secondary N) is 1. The monoisotopic (exact) mass is 200 g/mol. The number of rotatable bonds is 4. The summed E-state index contributed by atoms with van der Waals surface area (Å²) in [6.45, 7) is 4.48. The topological polar surface area (TPSA) is 62.2 Å². The molecule has 1 heterocycles. The van der Waals surface area contributed by atoms with Crippen LogP contribution in [0.4, 0.5) is 0 Å². The second kappa shape index (κ2) is 4.34. The fourth-order valence-electron chi connectivity index (χ4n) is 0.891. The quantitative estimate of drug-likeness (QED) is 0.759. The summed E-state index contributed by atoms with van der Waals surface area (Å²) < 4.78 is 0. The first-order chi connectivity index (χ1) is 6.09. The summed E-state index contributed by atoms with van der Waals surface area (Å²) in [7, 11) is 0. The van der Waals surface area contributed by atoms with Crippen molar-refractivity contribution in [3.63, 3.8) is 0 Å². The zero-order chi connectivity index (χ0) is 9.84. The van der Waals surface area contributed by atoms with E-state index in [2.05, 4.69) is 10.3 Å². The van der Waals surface area contributed by atoms with E-state index in [-0.39, 0.29) is 6.54 Å². The SMILES string of the molecule is Cc1nc(CNCC(=O)O)sc1C. The number of carboxylic acid groups (broad SMARTS) is 1. The van der Waals surface area contributed by atoms with E-state index >= 15 is 0 Å². The summed E-state index contributed by atoms with van der Waals surface area (Å²) in [5.74, 6) is -0.843. The lowest BCUT2D eigenvalue weighted by Gasteiger charge is -1.95. The minimum Gasteiger partial charge on any atom is -0.480 e. The molecule has 0 aromatic carbocycles. The third kappa shape index (κ3) is 3.12. The predicted octanol–water partition coefficient (Wildman–Crippen LogP) is 0.934. The van der Waals surface area contributed by atoms with Crippen LogP contribution in [0.15, 0.2) is 0 Å². The van der Waals surface area contributed by atoms with Gasteiger partial charge in [-0.1, -0.05) is 0 Å². The highest BCUT2D eigenvalue weighted by Gasteiger charge is 2.03. The van der Waals surface area contributed by atoms with E-state index < -0.39 is 5.97 Å². The maximum Gasteiger partial charge on any atom is 0.317 e. The first kappa shape index (κ1) is 10.1. The van der Waals surface area contributed by atoms with E-state index in [0.717, 1.165) is 10.7 Å². The van der Waals surface area contributed by atoms with E-state index in [9.17, 15) is 4.79 Å². The Bertz CT molecular complexity index is 290. The number of nitrogens with zero attached hydrogens (tertiary/aromatic N) is 1. The molecule has 72 valence electrons. The molecule has 0 saturated carbocycles. The molecule has 0 unspecified atom stereocenters. The summed E-state index contributed by atoms with van der Waals surface area (Å²) in [5.41, 5.74) is 1.03. The van der Waals surface area contributed by atoms with Gasteiger partial charge in [-0.2, -0.15) is 0 Å². The van der Waals surface area contributed by atoms with Crippen molar-refractivity contribution in [1.29, 1.82) is 0 Å². The molecule has 13 heavy (non-hydrogen) atoms. The van der Waals surface area contributed by atoms with Crippen LogP contribution >= 0.6 is 11.3 Å². The largest absolute Gasteiger partial charge is 0.480 e.